The third kappa shape index (κ3) is 2.63. The van der Waals surface area contributed by atoms with Crippen LogP contribution in [0.15, 0.2) is 18.5 Å². The van der Waals surface area contributed by atoms with Gasteiger partial charge in [0.05, 0.1) is 11.9 Å². The van der Waals surface area contributed by atoms with E-state index in [1.165, 1.54) is 25.7 Å². The van der Waals surface area contributed by atoms with Crippen LogP contribution in [0.2, 0.25) is 0 Å². The summed E-state index contributed by atoms with van der Waals surface area (Å²) in [6.45, 7) is 2.31. The lowest BCUT2D eigenvalue weighted by Crippen LogP contribution is -2.36. The van der Waals surface area contributed by atoms with Crippen molar-refractivity contribution in [2.75, 3.05) is 11.9 Å². The summed E-state index contributed by atoms with van der Waals surface area (Å²) in [6.07, 6.45) is 8.55. The number of amidine groups is 1. The Labute approximate surface area is 109 Å². The molecule has 0 spiro atoms. The second kappa shape index (κ2) is 5.38. The molecule has 18 heavy (non-hydrogen) atoms. The molecule has 2 rings (SSSR count). The molecule has 1 fully saturated rings. The number of aromatic nitrogens is 1. The zero-order valence-corrected chi connectivity index (χ0v) is 11.2. The highest BCUT2D eigenvalue weighted by Gasteiger charge is 2.24. The summed E-state index contributed by atoms with van der Waals surface area (Å²) >= 11 is 0. The molecule has 0 saturated heterocycles. The molecule has 3 N–H and O–H groups in total. The number of pyridine rings is 1. The molecule has 2 unspecified atom stereocenters. The first-order chi connectivity index (χ1) is 8.59. The fraction of sp³-hybridized carbons (Fsp3) is 0.571. The number of nitrogens with two attached hydrogens (primary N) is 1. The van der Waals surface area contributed by atoms with E-state index in [0.29, 0.717) is 6.04 Å². The molecule has 1 heterocycles. The molecule has 0 amide bonds. The Bertz CT molecular complexity index is 430. The van der Waals surface area contributed by atoms with E-state index in [2.05, 4.69) is 23.9 Å². The lowest BCUT2D eigenvalue weighted by Gasteiger charge is -2.36. The molecule has 1 aliphatic carbocycles. The lowest BCUT2D eigenvalue weighted by atomic mass is 9.86. The van der Waals surface area contributed by atoms with Crippen molar-refractivity contribution in [1.82, 2.24) is 4.98 Å². The molecule has 1 aliphatic rings. The molecule has 0 bridgehead atoms. The van der Waals surface area contributed by atoms with Crippen LogP contribution in [-0.2, 0) is 0 Å². The summed E-state index contributed by atoms with van der Waals surface area (Å²) in [5.74, 6) is 0.895. The van der Waals surface area contributed by atoms with Crippen LogP contribution in [0.3, 0.4) is 0 Å². The van der Waals surface area contributed by atoms with Crippen LogP contribution in [0.4, 0.5) is 5.69 Å². The van der Waals surface area contributed by atoms with E-state index in [1.807, 2.05) is 12.3 Å². The monoisotopic (exact) mass is 246 g/mol. The van der Waals surface area contributed by atoms with E-state index in [1.54, 1.807) is 6.20 Å². The summed E-state index contributed by atoms with van der Waals surface area (Å²) in [5, 5.41) is 7.65. The highest BCUT2D eigenvalue weighted by Crippen LogP contribution is 2.30. The smallest absolute Gasteiger partial charge is 0.125 e. The van der Waals surface area contributed by atoms with Gasteiger partial charge in [0.25, 0.3) is 0 Å². The van der Waals surface area contributed by atoms with E-state index in [4.69, 9.17) is 11.1 Å². The third-order valence-electron chi connectivity index (χ3n) is 3.93. The maximum absolute atomic E-state index is 7.65. The summed E-state index contributed by atoms with van der Waals surface area (Å²) in [4.78, 5) is 6.42. The number of anilines is 1. The van der Waals surface area contributed by atoms with Crippen molar-refractivity contribution in [2.45, 2.75) is 38.6 Å². The number of nitrogens with zero attached hydrogens (tertiary/aromatic N) is 2. The first-order valence-corrected chi connectivity index (χ1v) is 6.61. The molecule has 1 saturated carbocycles. The minimum absolute atomic E-state index is 0.114. The minimum atomic E-state index is 0.114. The summed E-state index contributed by atoms with van der Waals surface area (Å²) in [5.41, 5.74) is 7.40. The fourth-order valence-corrected chi connectivity index (χ4v) is 2.85. The van der Waals surface area contributed by atoms with Crippen molar-refractivity contribution in [2.24, 2.45) is 11.7 Å². The number of nitrogen functional groups attached to an aromatic ring is 1. The predicted molar refractivity (Wildman–Crippen MR) is 75.1 cm³/mol. The first-order valence-electron chi connectivity index (χ1n) is 6.61. The fourth-order valence-electron chi connectivity index (χ4n) is 2.85. The standard InChI is InChI=1S/C14H22N4/c1-10-4-3-5-11(8-10)18(2)13-9-17-7-6-12(13)14(15)16/h6-7,9-11H,3-5,8H2,1-2H3,(H3,15,16). The van der Waals surface area contributed by atoms with E-state index in [0.717, 1.165) is 17.2 Å². The maximum Gasteiger partial charge on any atom is 0.125 e. The molecule has 2 atom stereocenters. The van der Waals surface area contributed by atoms with Gasteiger partial charge in [0.1, 0.15) is 5.84 Å². The van der Waals surface area contributed by atoms with Gasteiger partial charge in [0.15, 0.2) is 0 Å². The van der Waals surface area contributed by atoms with Crippen molar-refractivity contribution >= 4 is 11.5 Å². The average molecular weight is 246 g/mol. The largest absolute Gasteiger partial charge is 0.384 e. The maximum atomic E-state index is 7.65. The molecule has 0 radical (unpaired) electrons. The van der Waals surface area contributed by atoms with Crippen LogP contribution in [0.25, 0.3) is 0 Å². The van der Waals surface area contributed by atoms with Gasteiger partial charge in [0.2, 0.25) is 0 Å². The van der Waals surface area contributed by atoms with Crippen LogP contribution in [-0.4, -0.2) is 23.9 Å². The normalized spacial score (nSPS) is 23.7. The van der Waals surface area contributed by atoms with E-state index in [9.17, 15) is 0 Å². The van der Waals surface area contributed by atoms with Gasteiger partial charge < -0.3 is 10.6 Å². The molecule has 0 aromatic carbocycles. The Balaban J connectivity index is 2.22. The lowest BCUT2D eigenvalue weighted by molar-refractivity contribution is 0.336. The topological polar surface area (TPSA) is 66.0 Å². The molecule has 98 valence electrons. The molecule has 1 aromatic heterocycles. The average Bonchev–Trinajstić information content (AvgIpc) is 2.38. The van der Waals surface area contributed by atoms with Crippen LogP contribution in [0.5, 0.6) is 0 Å². The second-order valence-electron chi connectivity index (χ2n) is 5.34. The summed E-state index contributed by atoms with van der Waals surface area (Å²) in [7, 11) is 2.09. The van der Waals surface area contributed by atoms with Crippen LogP contribution < -0.4 is 10.6 Å². The van der Waals surface area contributed by atoms with Gasteiger partial charge in [-0.1, -0.05) is 19.8 Å². The minimum Gasteiger partial charge on any atom is -0.384 e. The Hall–Kier alpha value is -1.58. The highest BCUT2D eigenvalue weighted by molar-refractivity contribution is 6.00. The van der Waals surface area contributed by atoms with Gasteiger partial charge >= 0.3 is 0 Å². The van der Waals surface area contributed by atoms with Crippen molar-refractivity contribution in [3.63, 3.8) is 0 Å². The molecule has 1 aromatic rings. The van der Waals surface area contributed by atoms with Gasteiger partial charge in [-0.2, -0.15) is 0 Å². The quantitative estimate of drug-likeness (QED) is 0.635. The second-order valence-corrected chi connectivity index (χ2v) is 5.34. The summed E-state index contributed by atoms with van der Waals surface area (Å²) < 4.78 is 0. The van der Waals surface area contributed by atoms with Gasteiger partial charge in [-0.3, -0.25) is 10.4 Å². The number of hydrogen-bond donors (Lipinski definition) is 2. The Morgan fingerprint density at radius 2 is 2.28 bits per heavy atom. The van der Waals surface area contributed by atoms with Gasteiger partial charge in [0, 0.05) is 24.8 Å². The third-order valence-corrected chi connectivity index (χ3v) is 3.93. The predicted octanol–water partition coefficient (Wildman–Crippen LogP) is 2.38. The van der Waals surface area contributed by atoms with E-state index < -0.39 is 0 Å². The number of nitrogens with one attached hydrogen (secondary N) is 1. The Morgan fingerprint density at radius 1 is 1.50 bits per heavy atom. The van der Waals surface area contributed by atoms with Crippen LogP contribution >= 0.6 is 0 Å². The first kappa shape index (κ1) is 12.9. The SMILES string of the molecule is CC1CCCC(N(C)c2cnccc2C(=N)N)C1. The zero-order valence-electron chi connectivity index (χ0n) is 11.2. The van der Waals surface area contributed by atoms with Crippen molar-refractivity contribution < 1.29 is 0 Å². The molecular formula is C14H22N4. The zero-order chi connectivity index (χ0) is 13.1. The summed E-state index contributed by atoms with van der Waals surface area (Å²) in [6, 6.07) is 2.36. The van der Waals surface area contributed by atoms with Gasteiger partial charge in [-0.15, -0.1) is 0 Å². The molecule has 4 nitrogen and oxygen atoms in total. The Morgan fingerprint density at radius 3 is 2.94 bits per heavy atom. The highest BCUT2D eigenvalue weighted by atomic mass is 15.1. The van der Waals surface area contributed by atoms with Crippen molar-refractivity contribution in [3.8, 4) is 0 Å². The van der Waals surface area contributed by atoms with Gasteiger partial charge in [-0.05, 0) is 24.8 Å². The van der Waals surface area contributed by atoms with Crippen molar-refractivity contribution in [1.29, 1.82) is 5.41 Å². The van der Waals surface area contributed by atoms with Crippen molar-refractivity contribution in [3.05, 3.63) is 24.0 Å². The molecule has 0 aliphatic heterocycles. The van der Waals surface area contributed by atoms with E-state index in [-0.39, 0.29) is 5.84 Å². The van der Waals surface area contributed by atoms with E-state index >= 15 is 0 Å². The molecule has 4 heteroatoms. The molecular weight excluding hydrogens is 224 g/mol. The van der Waals surface area contributed by atoms with Crippen LogP contribution in [0.1, 0.15) is 38.2 Å². The Kier molecular flexibility index (Phi) is 3.84. The van der Waals surface area contributed by atoms with Crippen LogP contribution in [0, 0.1) is 11.3 Å². The number of rotatable bonds is 3. The number of hydrogen-bond acceptors (Lipinski definition) is 3. The van der Waals surface area contributed by atoms with Gasteiger partial charge in [-0.25, -0.2) is 0 Å².